The second kappa shape index (κ2) is 32.7. The number of hydrogen-bond donors (Lipinski definition) is 8. The lowest BCUT2D eigenvalue weighted by molar-refractivity contribution is 0.318. The minimum atomic E-state index is -3.22. The standard InChI is InChI=1S/C13H9ClN6S.C10H15N.C7H6N2.C6H4Cl2N4S.C6H6N4O2S.C2H6O.Cl3OP/c1-21-12-9-10(17-13(14)18-11(9)19-20-12)16-8-4-2-3-7(5-8)6-15;1-3-11(4-2)10-8-6-5-7-9-10;8-5-6-2-1-3-7(9)4-6;1-13-5-2-3(7)9-6(8)10-4(2)11-12-5;1-13-5-2-3(9-10-5)7-6(12)8-4(2)11;1-2-3;1-5(2,3)4/h2-5H,1H3,(H2,16,17,18,19,20);5-9H,3-4H2,1-2H3;1-4H,9H2;1H3,(H,9,10,11,12);1H3,(H3,7,8,9,10,11,12);3H,2H2,1H3;. The van der Waals surface area contributed by atoms with Crippen molar-refractivity contribution < 1.29 is 9.67 Å². The Hall–Kier alpha value is -5.73. The highest BCUT2D eigenvalue weighted by Crippen LogP contribution is 2.61. The number of halogens is 6. The molecule has 6 heterocycles. The second-order valence-corrected chi connectivity index (χ2v) is 23.8. The molecule has 0 aliphatic heterocycles. The van der Waals surface area contributed by atoms with Gasteiger partial charge >= 0.3 is 10.9 Å². The summed E-state index contributed by atoms with van der Waals surface area (Å²) in [6.45, 7) is 8.45. The number of benzene rings is 3. The van der Waals surface area contributed by atoms with E-state index in [4.69, 9.17) is 56.2 Å². The van der Waals surface area contributed by atoms with Crippen LogP contribution in [0.5, 0.6) is 0 Å². The molecule has 6 aromatic heterocycles. The van der Waals surface area contributed by atoms with Gasteiger partial charge in [0.2, 0.25) is 10.6 Å². The molecule has 75 heavy (non-hydrogen) atoms. The van der Waals surface area contributed by atoms with Gasteiger partial charge in [-0.05, 0) is 145 Å². The zero-order valence-electron chi connectivity index (χ0n) is 40.3. The molecule has 21 nitrogen and oxygen atoms in total. The Kier molecular flexibility index (Phi) is 27.7. The fraction of sp³-hybridized carbons (Fsp3) is 0.205. The number of thioether (sulfide) groups is 3. The first kappa shape index (κ1) is 63.6. The Morgan fingerprint density at radius 1 is 0.693 bits per heavy atom. The van der Waals surface area contributed by atoms with Crippen LogP contribution in [0.1, 0.15) is 31.9 Å². The summed E-state index contributed by atoms with van der Waals surface area (Å²) in [7, 11) is 0. The molecule has 0 saturated heterocycles. The van der Waals surface area contributed by atoms with E-state index in [0.29, 0.717) is 55.1 Å². The van der Waals surface area contributed by atoms with Crippen molar-refractivity contribution in [3.8, 4) is 12.1 Å². The van der Waals surface area contributed by atoms with Crippen LogP contribution in [-0.2, 0) is 4.57 Å². The number of rotatable bonds is 8. The molecule has 396 valence electrons. The maximum atomic E-state index is 11.3. The van der Waals surface area contributed by atoms with Crippen LogP contribution in [0.2, 0.25) is 15.7 Å². The predicted octanol–water partition coefficient (Wildman–Crippen LogP) is 11.9. The highest BCUT2D eigenvalue weighted by atomic mass is 36.0. The van der Waals surface area contributed by atoms with Gasteiger partial charge in [0.15, 0.2) is 11.3 Å². The van der Waals surface area contributed by atoms with E-state index in [-0.39, 0.29) is 17.2 Å². The monoisotopic (exact) mass is 1210 g/mol. The number of fused-ring (bicyclic) bond motifs is 3. The summed E-state index contributed by atoms with van der Waals surface area (Å²) in [4.78, 5) is 45.1. The molecule has 0 spiro atoms. The number of aliphatic hydroxyl groups is 1. The minimum absolute atomic E-state index is 0.119. The van der Waals surface area contributed by atoms with E-state index in [0.717, 1.165) is 39.6 Å². The van der Waals surface area contributed by atoms with E-state index in [9.17, 15) is 14.2 Å². The van der Waals surface area contributed by atoms with Gasteiger partial charge in [-0.1, -0.05) is 41.9 Å². The van der Waals surface area contributed by atoms with Crippen molar-refractivity contribution in [2.75, 3.05) is 54.4 Å². The van der Waals surface area contributed by atoms with Crippen molar-refractivity contribution in [3.63, 3.8) is 0 Å². The molecule has 9 N–H and O–H groups in total. The first-order valence-corrected chi connectivity index (χ1v) is 30.4. The molecule has 0 amide bonds. The van der Waals surface area contributed by atoms with Crippen molar-refractivity contribution in [1.29, 1.82) is 10.5 Å². The Balaban J connectivity index is 0.000000245. The number of hydrogen-bond acceptors (Lipinski definition) is 19. The molecular weight excluding hydrogens is 1170 g/mol. The maximum Gasteiger partial charge on any atom is 0.339 e. The van der Waals surface area contributed by atoms with Crippen LogP contribution in [0.15, 0.2) is 104 Å². The number of nitrogens with two attached hydrogens (primary N) is 1. The maximum absolute atomic E-state index is 11.3. The SMILES string of the molecule is CCN(CC)c1ccccc1.CCO.CSc1n[nH]c2[nH]c(=O)[nH]c(=O)c12.CSc1n[nH]c2nc(Cl)nc(Cl)c12.CSc1n[nH]c2nc(Cl)nc(Nc3cccc(C#N)c3)c12.N#Cc1cccc(N)c1.O=P(Cl)(Cl)Cl. The highest BCUT2D eigenvalue weighted by Gasteiger charge is 2.15. The highest BCUT2D eigenvalue weighted by molar-refractivity contribution is 8.24. The van der Waals surface area contributed by atoms with Gasteiger partial charge in [0.05, 0.1) is 34.0 Å². The van der Waals surface area contributed by atoms with Gasteiger partial charge in [-0.3, -0.25) is 34.6 Å². The number of nitriles is 2. The third kappa shape index (κ3) is 21.1. The number of H-pyrrole nitrogens is 5. The normalized spacial score (nSPS) is 10.2. The minimum Gasteiger partial charge on any atom is -0.399 e. The third-order valence-corrected chi connectivity index (χ3v) is 11.5. The second-order valence-electron chi connectivity index (χ2n) is 13.7. The van der Waals surface area contributed by atoms with Crippen LogP contribution in [0.3, 0.4) is 0 Å². The van der Waals surface area contributed by atoms with Gasteiger partial charge in [0.1, 0.15) is 37.1 Å². The van der Waals surface area contributed by atoms with Gasteiger partial charge in [-0.25, -0.2) is 9.78 Å². The topological polar surface area (TPSA) is 329 Å². The largest absolute Gasteiger partial charge is 0.399 e. The van der Waals surface area contributed by atoms with Crippen LogP contribution in [0.25, 0.3) is 33.1 Å². The number of nitrogens with one attached hydrogen (secondary N) is 6. The summed E-state index contributed by atoms with van der Waals surface area (Å²) < 4.78 is 9.51. The zero-order valence-corrected chi connectivity index (χ0v) is 48.2. The van der Waals surface area contributed by atoms with E-state index >= 15 is 0 Å². The molecule has 0 bridgehead atoms. The first-order chi connectivity index (χ1) is 35.8. The summed E-state index contributed by atoms with van der Waals surface area (Å²) in [5.74, 6) is 0.554. The van der Waals surface area contributed by atoms with Crippen molar-refractivity contribution in [1.82, 2.24) is 60.5 Å². The lowest BCUT2D eigenvalue weighted by Crippen LogP contribution is -2.21. The van der Waals surface area contributed by atoms with Gasteiger partial charge < -0.3 is 21.1 Å². The number of aliphatic hydroxyl groups excluding tert-OH is 1. The molecule has 0 atom stereocenters. The smallest absolute Gasteiger partial charge is 0.339 e. The molecule has 9 aromatic rings. The average Bonchev–Trinajstić information content (AvgIpc) is 4.12. The van der Waals surface area contributed by atoms with E-state index in [2.05, 4.69) is 149 Å². The van der Waals surface area contributed by atoms with Gasteiger partial charge in [-0.2, -0.15) is 40.8 Å². The summed E-state index contributed by atoms with van der Waals surface area (Å²) in [6.07, 6.45) is 5.63. The van der Waals surface area contributed by atoms with Crippen molar-refractivity contribution in [2.45, 2.75) is 35.8 Å². The summed E-state index contributed by atoms with van der Waals surface area (Å²) in [5.41, 5.74) is 9.79. The van der Waals surface area contributed by atoms with Crippen molar-refractivity contribution >= 4 is 165 Å². The van der Waals surface area contributed by atoms with Crippen molar-refractivity contribution in [3.05, 3.63) is 127 Å². The van der Waals surface area contributed by atoms with Gasteiger partial charge in [-0.15, -0.1) is 35.3 Å². The van der Waals surface area contributed by atoms with Crippen LogP contribution < -0.4 is 27.2 Å². The fourth-order valence-corrected chi connectivity index (χ4v) is 8.12. The van der Waals surface area contributed by atoms with E-state index in [1.54, 1.807) is 55.6 Å². The quantitative estimate of drug-likeness (QED) is 0.0230. The lowest BCUT2D eigenvalue weighted by atomic mass is 10.2. The van der Waals surface area contributed by atoms with Gasteiger partial charge in [0, 0.05) is 36.8 Å². The van der Waals surface area contributed by atoms with E-state index in [1.807, 2.05) is 30.7 Å². The summed E-state index contributed by atoms with van der Waals surface area (Å²) in [6, 6.07) is 28.6. The Morgan fingerprint density at radius 2 is 1.19 bits per heavy atom. The number of nitrogen functional groups attached to an aromatic ring is 1. The van der Waals surface area contributed by atoms with E-state index < -0.39 is 16.4 Å². The molecule has 0 saturated carbocycles. The lowest BCUT2D eigenvalue weighted by Gasteiger charge is -2.20. The Labute approximate surface area is 471 Å². The number of para-hydroxylation sites is 1. The van der Waals surface area contributed by atoms with E-state index in [1.165, 1.54) is 41.0 Å². The predicted molar refractivity (Wildman–Crippen MR) is 309 cm³/mol. The van der Waals surface area contributed by atoms with Crippen LogP contribution in [-0.4, -0.2) is 104 Å². The number of anilines is 4. The Morgan fingerprint density at radius 3 is 1.71 bits per heavy atom. The van der Waals surface area contributed by atoms with Crippen LogP contribution in [0.4, 0.5) is 22.9 Å². The van der Waals surface area contributed by atoms with Crippen LogP contribution >= 0.6 is 109 Å². The zero-order chi connectivity index (χ0) is 55.7. The fourth-order valence-electron chi connectivity index (χ4n) is 5.82. The average molecular weight is 1220 g/mol. The molecule has 3 aromatic carbocycles. The Bertz CT molecular complexity index is 3480. The molecule has 9 rings (SSSR count). The van der Waals surface area contributed by atoms with Crippen LogP contribution in [0, 0.1) is 22.7 Å². The molecule has 0 fully saturated rings. The van der Waals surface area contributed by atoms with Crippen molar-refractivity contribution in [2.24, 2.45) is 0 Å². The molecule has 0 unspecified atom stereocenters. The number of aromatic amines is 5. The first-order valence-electron chi connectivity index (χ1n) is 21.2. The van der Waals surface area contributed by atoms with Gasteiger partial charge in [0.25, 0.3) is 5.56 Å². The summed E-state index contributed by atoms with van der Waals surface area (Å²) in [5, 5.41) is 49.6. The molecule has 31 heteroatoms. The third-order valence-electron chi connectivity index (χ3n) is 8.83. The number of nitrogens with zero attached hydrogens (tertiary/aromatic N) is 10. The molecular formula is C44H46Cl6N17O4PS3. The molecule has 0 aliphatic rings. The summed E-state index contributed by atoms with van der Waals surface area (Å²) >= 11 is 35.6. The molecule has 0 aliphatic carbocycles. The number of aromatic nitrogens is 12. The molecule has 0 radical (unpaired) electrons.